The maximum absolute atomic E-state index is 13.5. The molecule has 2 N–H and O–H groups in total. The Morgan fingerprint density at radius 2 is 1.74 bits per heavy atom. The Morgan fingerprint density at radius 1 is 1.10 bits per heavy atom. The van der Waals surface area contributed by atoms with Crippen molar-refractivity contribution in [3.05, 3.63) is 67.2 Å². The van der Waals surface area contributed by atoms with Crippen LogP contribution in [0.4, 0.5) is 13.2 Å². The number of carboxylic acids is 1. The number of alkyl halides is 3. The number of aromatic nitrogens is 2. The third kappa shape index (κ3) is 6.25. The second kappa shape index (κ2) is 11.3. The van der Waals surface area contributed by atoms with Crippen molar-refractivity contribution >= 4 is 33.4 Å². The third-order valence-electron chi connectivity index (χ3n) is 7.01. The topological polar surface area (TPSA) is 122 Å². The number of hydrogen-bond donors (Lipinski definition) is 2. The van der Waals surface area contributed by atoms with Crippen molar-refractivity contribution < 1.29 is 33.0 Å². The average molecular weight is 568 g/mol. The molecule has 210 valence electrons. The lowest BCUT2D eigenvalue weighted by Gasteiger charge is -2.31. The molecule has 0 bridgehead atoms. The Bertz CT molecular complexity index is 1490. The van der Waals surface area contributed by atoms with Gasteiger partial charge in [-0.15, -0.1) is 11.3 Å². The fourth-order valence-electron chi connectivity index (χ4n) is 4.88. The van der Waals surface area contributed by atoms with Gasteiger partial charge in [0, 0.05) is 26.1 Å². The Balaban J connectivity index is 1.75. The van der Waals surface area contributed by atoms with Crippen LogP contribution in [-0.2, 0) is 17.9 Å². The molecule has 0 aliphatic carbocycles. The van der Waals surface area contributed by atoms with Gasteiger partial charge in [0.25, 0.3) is 11.5 Å². The minimum Gasteiger partial charge on any atom is -0.481 e. The predicted octanol–water partition coefficient (Wildman–Crippen LogP) is 3.55. The smallest absolute Gasteiger partial charge is 0.390 e. The molecule has 1 unspecified atom stereocenters. The zero-order valence-electron chi connectivity index (χ0n) is 21.1. The van der Waals surface area contributed by atoms with Crippen molar-refractivity contribution in [3.63, 3.8) is 0 Å². The average Bonchev–Trinajstić information content (AvgIpc) is 3.22. The van der Waals surface area contributed by atoms with Crippen LogP contribution in [-0.4, -0.2) is 55.4 Å². The number of carbonyl (C=O) groups excluding carboxylic acids is 1. The molecule has 1 aromatic carbocycles. The van der Waals surface area contributed by atoms with Crippen LogP contribution < -0.4 is 11.2 Å². The molecule has 0 spiro atoms. The summed E-state index contributed by atoms with van der Waals surface area (Å²) < 4.78 is 41.0. The number of aliphatic hydroxyl groups excluding tert-OH is 1. The fourth-order valence-corrected chi connectivity index (χ4v) is 6.17. The number of aliphatic hydroxyl groups is 1. The summed E-state index contributed by atoms with van der Waals surface area (Å²) in [6.07, 6.45) is -6.17. The number of aliphatic carboxylic acids is 1. The molecule has 0 radical (unpaired) electrons. The van der Waals surface area contributed by atoms with E-state index in [1.165, 1.54) is 11.8 Å². The first-order chi connectivity index (χ1) is 18.4. The van der Waals surface area contributed by atoms with Gasteiger partial charge in [-0.25, -0.2) is 4.79 Å². The van der Waals surface area contributed by atoms with Crippen LogP contribution in [0.2, 0.25) is 0 Å². The Kier molecular flexibility index (Phi) is 8.31. The molecule has 39 heavy (non-hydrogen) atoms. The van der Waals surface area contributed by atoms with E-state index >= 15 is 0 Å². The lowest BCUT2D eigenvalue weighted by Crippen LogP contribution is -2.41. The molecule has 1 fully saturated rings. The van der Waals surface area contributed by atoms with Gasteiger partial charge in [-0.2, -0.15) is 13.2 Å². The lowest BCUT2D eigenvalue weighted by molar-refractivity contribution is -0.138. The molecule has 1 aliphatic rings. The highest BCUT2D eigenvalue weighted by Crippen LogP contribution is 2.32. The van der Waals surface area contributed by atoms with Crippen molar-refractivity contribution in [1.82, 2.24) is 14.0 Å². The van der Waals surface area contributed by atoms with Gasteiger partial charge < -0.3 is 15.1 Å². The Morgan fingerprint density at radius 3 is 2.33 bits per heavy atom. The molecule has 0 saturated carbocycles. The number of carboxylic acid groups (broad SMARTS) is 1. The first-order valence-electron chi connectivity index (χ1n) is 12.4. The van der Waals surface area contributed by atoms with Gasteiger partial charge in [0.1, 0.15) is 4.83 Å². The quantitative estimate of drug-likeness (QED) is 0.430. The predicted molar refractivity (Wildman–Crippen MR) is 138 cm³/mol. The second-order valence-electron chi connectivity index (χ2n) is 9.71. The van der Waals surface area contributed by atoms with E-state index in [0.717, 1.165) is 20.5 Å². The van der Waals surface area contributed by atoms with E-state index in [-0.39, 0.29) is 33.0 Å². The number of likely N-dealkylation sites (tertiary alicyclic amines) is 1. The summed E-state index contributed by atoms with van der Waals surface area (Å²) in [6.45, 7) is 0.896. The largest absolute Gasteiger partial charge is 0.481 e. The van der Waals surface area contributed by atoms with Crippen molar-refractivity contribution in [2.75, 3.05) is 13.1 Å². The summed E-state index contributed by atoms with van der Waals surface area (Å²) in [5.74, 6) is -1.40. The van der Waals surface area contributed by atoms with Crippen molar-refractivity contribution in [3.8, 4) is 0 Å². The number of amides is 1. The van der Waals surface area contributed by atoms with Crippen LogP contribution in [0, 0.1) is 12.8 Å². The molecule has 1 saturated heterocycles. The Hall–Kier alpha value is -3.45. The van der Waals surface area contributed by atoms with E-state index in [1.54, 1.807) is 30.3 Å². The number of fused-ring (bicyclic) bond motifs is 1. The number of carbonyl (C=O) groups is 2. The molecule has 1 atom stereocenters. The molecule has 4 rings (SSSR count). The fraction of sp³-hybridized carbons (Fsp3) is 0.462. The van der Waals surface area contributed by atoms with Crippen LogP contribution in [0.1, 0.15) is 52.6 Å². The number of thiophene rings is 1. The van der Waals surface area contributed by atoms with E-state index in [2.05, 4.69) is 0 Å². The van der Waals surface area contributed by atoms with Gasteiger partial charge in [0.2, 0.25) is 0 Å². The number of benzene rings is 1. The van der Waals surface area contributed by atoms with Gasteiger partial charge in [-0.3, -0.25) is 23.5 Å². The van der Waals surface area contributed by atoms with Gasteiger partial charge in [-0.05, 0) is 36.8 Å². The van der Waals surface area contributed by atoms with Crippen molar-refractivity contribution in [1.29, 1.82) is 0 Å². The van der Waals surface area contributed by atoms with E-state index < -0.39 is 54.9 Å². The third-order valence-corrected chi connectivity index (χ3v) is 8.31. The van der Waals surface area contributed by atoms with Crippen molar-refractivity contribution in [2.45, 2.75) is 58.0 Å². The van der Waals surface area contributed by atoms with Gasteiger partial charge >= 0.3 is 17.8 Å². The zero-order valence-corrected chi connectivity index (χ0v) is 21.9. The molecular weight excluding hydrogens is 539 g/mol. The molecule has 9 nitrogen and oxygen atoms in total. The van der Waals surface area contributed by atoms with Crippen molar-refractivity contribution in [2.24, 2.45) is 5.92 Å². The standard InChI is InChI=1S/C26H28F3N3O6S/c1-15-20-22(36)32(14-18(33)17-5-3-2-4-6-17)25(38)31(12-9-26(27,28)29)24(20)39-21(15)23(37)30-10-7-16(8-11-30)13-19(34)35/h2-6,16,18,33H,7-14H2,1H3,(H,34,35). The van der Waals surface area contributed by atoms with E-state index in [4.69, 9.17) is 5.11 Å². The normalized spacial score (nSPS) is 15.6. The van der Waals surface area contributed by atoms with Gasteiger partial charge in [0.05, 0.1) is 29.3 Å². The number of hydrogen-bond acceptors (Lipinski definition) is 6. The van der Waals surface area contributed by atoms with Crippen LogP contribution in [0.25, 0.3) is 10.2 Å². The molecule has 1 aliphatic heterocycles. The number of aryl methyl sites for hydroxylation is 2. The number of nitrogens with zero attached hydrogens (tertiary/aromatic N) is 3. The van der Waals surface area contributed by atoms with Crippen LogP contribution >= 0.6 is 11.3 Å². The van der Waals surface area contributed by atoms with Gasteiger partial charge in [-0.1, -0.05) is 30.3 Å². The molecule has 2 aromatic heterocycles. The number of rotatable bonds is 8. The molecule has 1 amide bonds. The number of halogens is 3. The number of piperidine rings is 1. The van der Waals surface area contributed by atoms with Crippen LogP contribution in [0.3, 0.4) is 0 Å². The summed E-state index contributed by atoms with van der Waals surface area (Å²) in [5, 5.41) is 19.7. The molecule has 3 aromatic rings. The SMILES string of the molecule is Cc1c(C(=O)N2CCC(CC(=O)O)CC2)sc2c1c(=O)n(CC(O)c1ccccc1)c(=O)n2CCC(F)(F)F. The van der Waals surface area contributed by atoms with Crippen LogP contribution in [0.15, 0.2) is 39.9 Å². The summed E-state index contributed by atoms with van der Waals surface area (Å²) in [6, 6.07) is 8.25. The summed E-state index contributed by atoms with van der Waals surface area (Å²) >= 11 is 0.801. The van der Waals surface area contributed by atoms with Crippen LogP contribution in [0.5, 0.6) is 0 Å². The highest BCUT2D eigenvalue weighted by atomic mass is 32.1. The summed E-state index contributed by atoms with van der Waals surface area (Å²) in [5.41, 5.74) is -1.11. The maximum atomic E-state index is 13.5. The van der Waals surface area contributed by atoms with E-state index in [9.17, 15) is 37.5 Å². The maximum Gasteiger partial charge on any atom is 0.390 e. The molecule has 3 heterocycles. The lowest BCUT2D eigenvalue weighted by atomic mass is 9.93. The monoisotopic (exact) mass is 567 g/mol. The molecule has 13 heteroatoms. The summed E-state index contributed by atoms with van der Waals surface area (Å²) in [4.78, 5) is 52.9. The highest BCUT2D eigenvalue weighted by molar-refractivity contribution is 7.20. The van der Waals surface area contributed by atoms with Gasteiger partial charge in [0.15, 0.2) is 0 Å². The van der Waals surface area contributed by atoms with E-state index in [0.29, 0.717) is 31.5 Å². The minimum atomic E-state index is -4.57. The summed E-state index contributed by atoms with van der Waals surface area (Å²) in [7, 11) is 0. The van der Waals surface area contributed by atoms with E-state index in [1.807, 2.05) is 0 Å². The zero-order chi connectivity index (χ0) is 28.5. The Labute approximate surface area is 224 Å². The second-order valence-corrected chi connectivity index (χ2v) is 10.7. The highest BCUT2D eigenvalue weighted by Gasteiger charge is 2.31. The molecular formula is C26H28F3N3O6S. The first kappa shape index (κ1) is 28.6. The minimum absolute atomic E-state index is 0.00377. The first-order valence-corrected chi connectivity index (χ1v) is 13.3.